The molecule has 0 atom stereocenters. The second-order valence-corrected chi connectivity index (χ2v) is 35.7. The highest BCUT2D eigenvalue weighted by Gasteiger charge is 2.30. The van der Waals surface area contributed by atoms with Crippen molar-refractivity contribution in [2.45, 2.75) is 27.7 Å². The van der Waals surface area contributed by atoms with E-state index in [1.54, 1.807) is 0 Å². The summed E-state index contributed by atoms with van der Waals surface area (Å²) < 4.78 is 0. The van der Waals surface area contributed by atoms with Crippen molar-refractivity contribution < 1.29 is 0 Å². The minimum absolute atomic E-state index is 0.877. The van der Waals surface area contributed by atoms with Gasteiger partial charge in [-0.25, -0.2) is 9.97 Å². The maximum atomic E-state index is 4.93. The first-order valence-electron chi connectivity index (χ1n) is 47.3. The van der Waals surface area contributed by atoms with Gasteiger partial charge in [0.1, 0.15) is 11.6 Å². The topological polar surface area (TPSA) is 45.2 Å². The molecule has 26 rings (SSSR count). The summed E-state index contributed by atoms with van der Waals surface area (Å²) in [5.74, 6) is 1.75. The molecule has 0 fully saturated rings. The number of hydrogen-bond donors (Lipinski definition) is 0. The molecule has 8 heteroatoms. The molecule has 0 saturated carbocycles. The van der Waals surface area contributed by atoms with Crippen LogP contribution in [-0.2, 0) is 0 Å². The van der Waals surface area contributed by atoms with Crippen LogP contribution in [0, 0.1) is 27.7 Å². The molecule has 0 aliphatic carbocycles. The molecular formula is C130H94N8. The van der Waals surface area contributed by atoms with Crippen LogP contribution >= 0.6 is 0 Å². The smallest absolute Gasteiger partial charge is 0.137 e. The van der Waals surface area contributed by atoms with Crippen molar-refractivity contribution in [1.29, 1.82) is 0 Å². The average Bonchev–Trinajstić information content (AvgIpc) is 0.732. The van der Waals surface area contributed by atoms with Gasteiger partial charge < -0.3 is 19.6 Å². The van der Waals surface area contributed by atoms with E-state index in [9.17, 15) is 0 Å². The lowest BCUT2D eigenvalue weighted by atomic mass is 9.88. The minimum atomic E-state index is 0.877. The van der Waals surface area contributed by atoms with E-state index < -0.39 is 0 Å². The Morgan fingerprint density at radius 1 is 0.145 bits per heavy atom. The van der Waals surface area contributed by atoms with Crippen LogP contribution in [0.4, 0.5) is 103 Å². The molecule has 0 amide bonds. The van der Waals surface area contributed by atoms with Gasteiger partial charge in [-0.3, -0.25) is 9.80 Å². The monoisotopic (exact) mass is 1770 g/mol. The SMILES string of the molecule is Cc1cc(N(c2ccccn2)c2cccc3ccccc23)c2ccc3c(C)cc(N(c4ccccn4)c4cccc5ccccc45)c4ccc1c2c34.Cc1ccc(N(c2ccccc2)c2ccc3ccc4c(N(c5ccccc5)c5ccc(C)cc5)ccc5ccc2c3c54)cc1.c1ccc(N(c2ccccc2)c2ccc3ccc4c(N(c5ccccc5)c5ccccc5)ccc5ccc2c3c54)cc1. The summed E-state index contributed by atoms with van der Waals surface area (Å²) in [5, 5.41) is 27.3. The van der Waals surface area contributed by atoms with E-state index in [0.29, 0.717) is 0 Å². The molecule has 0 spiro atoms. The Bertz CT molecular complexity index is 8320. The third kappa shape index (κ3) is 14.8. The summed E-state index contributed by atoms with van der Waals surface area (Å²) in [5.41, 5.74) is 23.2. The van der Waals surface area contributed by atoms with E-state index in [1.165, 1.54) is 164 Å². The molecule has 8 nitrogen and oxygen atoms in total. The molecular weight excluding hydrogens is 1670 g/mol. The maximum absolute atomic E-state index is 4.93. The van der Waals surface area contributed by atoms with Crippen LogP contribution in [0.1, 0.15) is 22.3 Å². The van der Waals surface area contributed by atoms with Gasteiger partial charge in [0.05, 0.1) is 45.5 Å². The Balaban J connectivity index is 0.000000113. The Morgan fingerprint density at radius 3 is 0.667 bits per heavy atom. The number of rotatable bonds is 18. The van der Waals surface area contributed by atoms with Gasteiger partial charge in [0.15, 0.2) is 0 Å². The zero-order chi connectivity index (χ0) is 92.3. The summed E-state index contributed by atoms with van der Waals surface area (Å²) in [6, 6.07) is 175. The van der Waals surface area contributed by atoms with Gasteiger partial charge in [0.2, 0.25) is 0 Å². The Kier molecular flexibility index (Phi) is 21.4. The van der Waals surface area contributed by atoms with Gasteiger partial charge in [-0.1, -0.05) is 327 Å². The first-order valence-corrected chi connectivity index (χ1v) is 47.3. The van der Waals surface area contributed by atoms with Crippen LogP contribution in [0.15, 0.2) is 498 Å². The molecule has 138 heavy (non-hydrogen) atoms. The van der Waals surface area contributed by atoms with Crippen molar-refractivity contribution in [3.63, 3.8) is 0 Å². The first-order chi connectivity index (χ1) is 68.2. The van der Waals surface area contributed by atoms with Crippen molar-refractivity contribution in [2.24, 2.45) is 0 Å². The standard InChI is InChI=1S/C48H34N4.C42H32N2.C40H28N2/c1-31-29-43(51(45-21-7-9-27-49-45)41-19-11-15-33-13-3-5-17-37(33)41)39-26-24-36-32(2)30-44(40-25-23-35(31)47(39)48(36)40)52(46-22-8-10-28-50-46)42-20-12-16-34-14-4-6-18-38(34)42;1-29-13-21-35(22-14-29)43(33-9-5-3-6-10-33)39-27-19-31-18-26-38-40(28-20-32-17-25-37(39)41(31)42(32)38)44(34-11-7-4-8-12-34)36-23-15-30(2)16-24-36;1-5-13-31(14-6-1)41(32-15-7-2-8-16-32)37-27-23-29-22-26-36-38(28-24-30-21-25-35(37)39(29)40(30)36)42(33-17-9-3-10-18-33)34-19-11-4-12-20-34/h3-30H,1-2H3;3-28H,1-2H3;1-28H. The van der Waals surface area contributed by atoms with Gasteiger partial charge >= 0.3 is 0 Å². The highest BCUT2D eigenvalue weighted by molar-refractivity contribution is 6.32. The van der Waals surface area contributed by atoms with Crippen molar-refractivity contribution in [2.75, 3.05) is 29.4 Å². The number of nitrogens with zero attached hydrogens (tertiary/aromatic N) is 8. The van der Waals surface area contributed by atoms with Gasteiger partial charge in [-0.05, 0) is 284 Å². The Hall–Kier alpha value is -18.0. The number of aromatic nitrogens is 2. The summed E-state index contributed by atoms with van der Waals surface area (Å²) in [6.07, 6.45) is 3.76. The van der Waals surface area contributed by atoms with Crippen LogP contribution in [0.25, 0.3) is 118 Å². The summed E-state index contributed by atoms with van der Waals surface area (Å²) in [6.45, 7) is 8.75. The number of anilines is 18. The molecule has 0 saturated heterocycles. The lowest BCUT2D eigenvalue weighted by molar-refractivity contribution is 1.19. The zero-order valence-corrected chi connectivity index (χ0v) is 76.9. The lowest BCUT2D eigenvalue weighted by Crippen LogP contribution is -2.14. The third-order valence-electron chi connectivity index (χ3n) is 27.4. The molecule has 2 heterocycles. The summed E-state index contributed by atoms with van der Waals surface area (Å²) in [7, 11) is 0. The fraction of sp³-hybridized carbons (Fsp3) is 0.0308. The maximum Gasteiger partial charge on any atom is 0.137 e. The predicted octanol–water partition coefficient (Wildman–Crippen LogP) is 36.9. The van der Waals surface area contributed by atoms with Crippen molar-refractivity contribution in [1.82, 2.24) is 9.97 Å². The van der Waals surface area contributed by atoms with E-state index >= 15 is 0 Å². The largest absolute Gasteiger partial charge is 0.310 e. The number of pyridine rings is 2. The van der Waals surface area contributed by atoms with Crippen LogP contribution < -0.4 is 29.4 Å². The number of hydrogen-bond acceptors (Lipinski definition) is 8. The van der Waals surface area contributed by atoms with Crippen LogP contribution in [0.3, 0.4) is 0 Å². The number of fused-ring (bicyclic) bond motifs is 2. The Labute approximate surface area is 802 Å². The van der Waals surface area contributed by atoms with E-state index in [4.69, 9.17) is 9.97 Å². The average molecular weight is 1770 g/mol. The second-order valence-electron chi connectivity index (χ2n) is 35.7. The van der Waals surface area contributed by atoms with Gasteiger partial charge in [-0.2, -0.15) is 0 Å². The van der Waals surface area contributed by atoms with E-state index in [1.807, 2.05) is 24.5 Å². The predicted molar refractivity (Wildman–Crippen MR) is 588 cm³/mol. The second kappa shape index (κ2) is 35.5. The van der Waals surface area contributed by atoms with E-state index in [0.717, 1.165) is 79.9 Å². The van der Waals surface area contributed by atoms with Crippen molar-refractivity contribution >= 4 is 221 Å². The Morgan fingerprint density at radius 2 is 0.377 bits per heavy atom. The number of benzene rings is 24. The zero-order valence-electron chi connectivity index (χ0n) is 76.9. The van der Waals surface area contributed by atoms with Gasteiger partial charge in [-0.15, -0.1) is 0 Å². The van der Waals surface area contributed by atoms with Gasteiger partial charge in [0, 0.05) is 101 Å². The molecule has 0 unspecified atom stereocenters. The highest BCUT2D eigenvalue weighted by atomic mass is 15.2. The molecule has 0 radical (unpaired) electrons. The fourth-order valence-electron chi connectivity index (χ4n) is 21.1. The third-order valence-corrected chi connectivity index (χ3v) is 27.4. The van der Waals surface area contributed by atoms with Crippen LogP contribution in [-0.4, -0.2) is 9.97 Å². The molecule has 0 N–H and O–H groups in total. The normalized spacial score (nSPS) is 11.5. The highest BCUT2D eigenvalue weighted by Crippen LogP contribution is 2.55. The van der Waals surface area contributed by atoms with E-state index in [-0.39, 0.29) is 0 Å². The summed E-state index contributed by atoms with van der Waals surface area (Å²) in [4.78, 5) is 24.0. The van der Waals surface area contributed by atoms with Crippen molar-refractivity contribution in [3.8, 4) is 0 Å². The van der Waals surface area contributed by atoms with Crippen LogP contribution in [0.2, 0.25) is 0 Å². The summed E-state index contributed by atoms with van der Waals surface area (Å²) >= 11 is 0. The molecule has 654 valence electrons. The van der Waals surface area contributed by atoms with Crippen molar-refractivity contribution in [3.05, 3.63) is 520 Å². The molecule has 2 aromatic heterocycles. The number of aryl methyl sites for hydroxylation is 4. The molecule has 0 aliphatic rings. The molecule has 0 aliphatic heterocycles. The van der Waals surface area contributed by atoms with Gasteiger partial charge in [0.25, 0.3) is 0 Å². The minimum Gasteiger partial charge on any atom is -0.310 e. The quantitative estimate of drug-likeness (QED) is 0.0788. The molecule has 24 aromatic carbocycles. The van der Waals surface area contributed by atoms with Crippen LogP contribution in [0.5, 0.6) is 0 Å². The number of para-hydroxylation sites is 6. The lowest BCUT2D eigenvalue weighted by Gasteiger charge is -2.30. The fourth-order valence-corrected chi connectivity index (χ4v) is 21.1. The first kappa shape index (κ1) is 83.1. The van der Waals surface area contributed by atoms with E-state index in [2.05, 4.69) is 530 Å². The molecule has 0 bridgehead atoms. The molecule has 26 aromatic rings.